The number of carboxylic acid groups (broad SMARTS) is 2. The maximum absolute atomic E-state index is 12.8. The lowest BCUT2D eigenvalue weighted by atomic mass is 10.0. The van der Waals surface area contributed by atoms with Gasteiger partial charge in [-0.2, -0.15) is 0 Å². The van der Waals surface area contributed by atoms with Gasteiger partial charge >= 0.3 is 11.9 Å². The van der Waals surface area contributed by atoms with E-state index in [9.17, 15) is 39.0 Å². The molecule has 4 amide bonds. The summed E-state index contributed by atoms with van der Waals surface area (Å²) in [6.45, 7) is -0.922. The molecule has 1 aromatic carbocycles. The molecule has 0 spiro atoms. The monoisotopic (exact) mass is 548 g/mol. The van der Waals surface area contributed by atoms with Gasteiger partial charge in [0.25, 0.3) is 0 Å². The van der Waals surface area contributed by atoms with Gasteiger partial charge in [0.1, 0.15) is 18.1 Å². The number of aliphatic carboxylic acids is 2. The van der Waals surface area contributed by atoms with Gasteiger partial charge < -0.3 is 47.7 Å². The minimum Gasteiger partial charge on any atom is -0.481 e. The fraction of sp³-hybridized carbons (Fsp3) is 0.417. The average Bonchev–Trinajstić information content (AvgIpc) is 3.29. The van der Waals surface area contributed by atoms with Crippen LogP contribution >= 0.6 is 0 Å². The number of primary amides is 1. The third-order valence-electron chi connectivity index (χ3n) is 5.85. The van der Waals surface area contributed by atoms with Crippen LogP contribution in [0, 0.1) is 0 Å². The van der Waals surface area contributed by atoms with Gasteiger partial charge in [0.05, 0.1) is 12.6 Å². The van der Waals surface area contributed by atoms with Gasteiger partial charge in [0, 0.05) is 36.4 Å². The molecular formula is C24H32N6O9. The fourth-order valence-corrected chi connectivity index (χ4v) is 3.70. The number of aliphatic hydroxyl groups excluding tert-OH is 1. The molecule has 0 bridgehead atoms. The fourth-order valence-electron chi connectivity index (χ4n) is 3.70. The van der Waals surface area contributed by atoms with Crippen molar-refractivity contribution in [3.05, 3.63) is 36.0 Å². The lowest BCUT2D eigenvalue weighted by molar-refractivity contribution is -0.142. The quantitative estimate of drug-likeness (QED) is 0.108. The number of amides is 4. The number of nitrogens with two attached hydrogens (primary N) is 2. The predicted molar refractivity (Wildman–Crippen MR) is 136 cm³/mol. The molecule has 0 aliphatic heterocycles. The number of hydrogen-bond donors (Lipinski definition) is 9. The number of aromatic amines is 1. The number of carbonyl (C=O) groups is 6. The third-order valence-corrected chi connectivity index (χ3v) is 5.85. The Morgan fingerprint density at radius 3 is 2.08 bits per heavy atom. The van der Waals surface area contributed by atoms with Crippen LogP contribution < -0.4 is 27.4 Å². The van der Waals surface area contributed by atoms with Crippen LogP contribution in [0.5, 0.6) is 0 Å². The van der Waals surface area contributed by atoms with Crippen LogP contribution in [0.2, 0.25) is 0 Å². The summed E-state index contributed by atoms with van der Waals surface area (Å²) in [6, 6.07) is 1.44. The van der Waals surface area contributed by atoms with Gasteiger partial charge in [0.15, 0.2) is 0 Å². The molecule has 0 saturated heterocycles. The van der Waals surface area contributed by atoms with Crippen LogP contribution in [0.3, 0.4) is 0 Å². The molecule has 15 nitrogen and oxygen atoms in total. The zero-order valence-electron chi connectivity index (χ0n) is 20.9. The van der Waals surface area contributed by atoms with Crippen molar-refractivity contribution in [1.82, 2.24) is 20.9 Å². The van der Waals surface area contributed by atoms with Crippen molar-refractivity contribution in [3.8, 4) is 0 Å². The van der Waals surface area contributed by atoms with E-state index >= 15 is 0 Å². The van der Waals surface area contributed by atoms with E-state index in [4.69, 9.17) is 16.6 Å². The maximum atomic E-state index is 12.8. The molecule has 212 valence electrons. The Kier molecular flexibility index (Phi) is 11.4. The number of H-pyrrole nitrogens is 1. The molecule has 4 unspecified atom stereocenters. The molecular weight excluding hydrogens is 516 g/mol. The van der Waals surface area contributed by atoms with Crippen LogP contribution in [-0.2, 0) is 35.2 Å². The molecule has 2 rings (SSSR count). The Bertz CT molecular complexity index is 1210. The van der Waals surface area contributed by atoms with Crippen molar-refractivity contribution in [3.63, 3.8) is 0 Å². The van der Waals surface area contributed by atoms with Crippen LogP contribution in [-0.4, -0.2) is 86.6 Å². The number of para-hydroxylation sites is 1. The van der Waals surface area contributed by atoms with Gasteiger partial charge in [0.2, 0.25) is 23.6 Å². The molecule has 4 atom stereocenters. The van der Waals surface area contributed by atoms with E-state index in [0.29, 0.717) is 5.56 Å². The second-order valence-electron chi connectivity index (χ2n) is 8.81. The lowest BCUT2D eigenvalue weighted by Gasteiger charge is -2.24. The normalized spacial score (nSPS) is 14.0. The maximum Gasteiger partial charge on any atom is 0.326 e. The van der Waals surface area contributed by atoms with Gasteiger partial charge in [-0.25, -0.2) is 4.79 Å². The highest BCUT2D eigenvalue weighted by Gasteiger charge is 2.30. The topological polar surface area (TPSA) is 267 Å². The van der Waals surface area contributed by atoms with Crippen molar-refractivity contribution in [2.75, 3.05) is 6.61 Å². The third kappa shape index (κ3) is 9.39. The number of nitrogens with one attached hydrogen (secondary N) is 4. The first-order valence-corrected chi connectivity index (χ1v) is 12.0. The highest BCUT2D eigenvalue weighted by molar-refractivity contribution is 5.94. The Balaban J connectivity index is 2.09. The summed E-state index contributed by atoms with van der Waals surface area (Å²) in [6.07, 6.45) is 0.281. The highest BCUT2D eigenvalue weighted by atomic mass is 16.4. The van der Waals surface area contributed by atoms with Gasteiger partial charge in [-0.1, -0.05) is 18.2 Å². The molecule has 0 aliphatic rings. The number of fused-ring (bicyclic) bond motifs is 1. The average molecular weight is 549 g/mol. The Labute approximate surface area is 222 Å². The molecule has 0 fully saturated rings. The summed E-state index contributed by atoms with van der Waals surface area (Å²) in [7, 11) is 0. The number of rotatable bonds is 16. The molecule has 11 N–H and O–H groups in total. The van der Waals surface area contributed by atoms with Gasteiger partial charge in [-0.3, -0.25) is 24.0 Å². The van der Waals surface area contributed by atoms with Crippen LogP contribution in [0.15, 0.2) is 30.5 Å². The summed E-state index contributed by atoms with van der Waals surface area (Å²) in [5.41, 5.74) is 12.1. The van der Waals surface area contributed by atoms with Crippen LogP contribution in [0.4, 0.5) is 0 Å². The number of hydrogen-bond acceptors (Lipinski definition) is 8. The molecule has 15 heteroatoms. The van der Waals surface area contributed by atoms with E-state index in [1.165, 1.54) is 0 Å². The standard InChI is InChI=1S/C24H32N6O9/c25-14(5-7-19(26)32)21(35)28-16(6-8-20(33)34)22(36)30-18(11-31)23(37)29-17(24(38)39)9-12-10-27-15-4-2-1-3-13(12)15/h1-4,10,14,16-18,27,31H,5-9,11,25H2,(H2,26,32)(H,28,35)(H,29,37)(H,30,36)(H,33,34)(H,38,39). The van der Waals surface area contributed by atoms with Crippen molar-refractivity contribution in [2.24, 2.45) is 11.5 Å². The first-order chi connectivity index (χ1) is 18.4. The van der Waals surface area contributed by atoms with Crippen molar-refractivity contribution in [2.45, 2.75) is 56.3 Å². The predicted octanol–water partition coefficient (Wildman–Crippen LogP) is -2.30. The summed E-state index contributed by atoms with van der Waals surface area (Å²) in [5, 5.41) is 35.9. The molecule has 2 aromatic rings. The number of aliphatic hydroxyl groups is 1. The Morgan fingerprint density at radius 1 is 0.846 bits per heavy atom. The number of carbonyl (C=O) groups excluding carboxylic acids is 4. The molecule has 0 aliphatic carbocycles. The summed E-state index contributed by atoms with van der Waals surface area (Å²) in [4.78, 5) is 74.8. The van der Waals surface area contributed by atoms with E-state index < -0.39 is 72.8 Å². The number of benzene rings is 1. The van der Waals surface area contributed by atoms with Crippen LogP contribution in [0.1, 0.15) is 31.2 Å². The summed E-state index contributed by atoms with van der Waals surface area (Å²) >= 11 is 0. The number of carboxylic acids is 2. The minimum atomic E-state index is -1.62. The Hall–Kier alpha value is -4.50. The van der Waals surface area contributed by atoms with Crippen molar-refractivity contribution >= 4 is 46.5 Å². The van der Waals surface area contributed by atoms with Crippen molar-refractivity contribution < 1.29 is 44.1 Å². The van der Waals surface area contributed by atoms with E-state index in [0.717, 1.165) is 10.9 Å². The smallest absolute Gasteiger partial charge is 0.326 e. The first-order valence-electron chi connectivity index (χ1n) is 12.0. The van der Waals surface area contributed by atoms with E-state index in [1.54, 1.807) is 30.5 Å². The largest absolute Gasteiger partial charge is 0.481 e. The zero-order valence-corrected chi connectivity index (χ0v) is 20.9. The highest BCUT2D eigenvalue weighted by Crippen LogP contribution is 2.19. The van der Waals surface area contributed by atoms with Crippen molar-refractivity contribution in [1.29, 1.82) is 0 Å². The SMILES string of the molecule is NC(=O)CCC(N)C(=O)NC(CCC(=O)O)C(=O)NC(CO)C(=O)NC(Cc1c[nH]c2ccccc12)C(=O)O. The molecule has 1 aromatic heterocycles. The summed E-state index contributed by atoms with van der Waals surface area (Å²) < 4.78 is 0. The Morgan fingerprint density at radius 2 is 1.46 bits per heavy atom. The molecule has 0 radical (unpaired) electrons. The molecule has 39 heavy (non-hydrogen) atoms. The zero-order chi connectivity index (χ0) is 29.1. The second-order valence-corrected chi connectivity index (χ2v) is 8.81. The molecule has 1 heterocycles. The lowest BCUT2D eigenvalue weighted by Crippen LogP contribution is -2.58. The van der Waals surface area contributed by atoms with E-state index in [2.05, 4.69) is 20.9 Å². The first kappa shape index (κ1) is 30.7. The number of aromatic nitrogens is 1. The minimum absolute atomic E-state index is 0.0995. The molecule has 0 saturated carbocycles. The van der Waals surface area contributed by atoms with Gasteiger partial charge in [-0.05, 0) is 24.5 Å². The van der Waals surface area contributed by atoms with Gasteiger partial charge in [-0.15, -0.1) is 0 Å². The second kappa shape index (κ2) is 14.4. The van der Waals surface area contributed by atoms with E-state index in [1.807, 2.05) is 0 Å². The van der Waals surface area contributed by atoms with E-state index in [-0.39, 0.29) is 25.7 Å². The summed E-state index contributed by atoms with van der Waals surface area (Å²) in [5.74, 6) is -6.20. The van der Waals surface area contributed by atoms with Crippen LogP contribution in [0.25, 0.3) is 10.9 Å².